The second-order valence-electron chi connectivity index (χ2n) is 9.45. The normalized spacial score (nSPS) is 16.8. The number of amides is 1. The number of likely N-dealkylation sites (tertiary alicyclic amines) is 1. The van der Waals surface area contributed by atoms with Crippen LogP contribution >= 0.6 is 23.2 Å². The van der Waals surface area contributed by atoms with Crippen molar-refractivity contribution in [1.82, 2.24) is 20.9 Å². The van der Waals surface area contributed by atoms with Gasteiger partial charge in [-0.1, -0.05) is 30.1 Å². The lowest BCUT2D eigenvalue weighted by atomic mass is 10.00. The minimum atomic E-state index is -4.73. The smallest absolute Gasteiger partial charge is 0.348 e. The molecular weight excluding hydrogens is 576 g/mol. The van der Waals surface area contributed by atoms with Crippen LogP contribution in [0.4, 0.5) is 13.2 Å². The molecule has 0 saturated carbocycles. The standard InChI is InChI=1S/C26H33Cl2F3N4O3S/c1-3-39(37,38)24-7-6-19(27)11-18(24)14-34-25(36)17-12-22(26(29,30)31)21(23(28)13-17)16-35-10-4-5-20(15-35)33-9-8-32-2/h6-7,11-13,20,32-33H,3-5,8-10,14-16H2,1-2H3,(H,34,36)/t20-/m0/s1. The quantitative estimate of drug-likeness (QED) is 0.325. The second-order valence-corrected chi connectivity index (χ2v) is 12.5. The molecule has 0 spiro atoms. The van der Waals surface area contributed by atoms with Crippen LogP contribution < -0.4 is 16.0 Å². The van der Waals surface area contributed by atoms with Crippen molar-refractivity contribution < 1.29 is 26.4 Å². The number of nitrogens with one attached hydrogen (secondary N) is 3. The third kappa shape index (κ3) is 8.55. The Morgan fingerprint density at radius 2 is 1.90 bits per heavy atom. The molecular formula is C26H33Cl2F3N4O3S. The molecule has 7 nitrogen and oxygen atoms in total. The molecule has 1 aliphatic rings. The zero-order valence-corrected chi connectivity index (χ0v) is 24.1. The predicted molar refractivity (Wildman–Crippen MR) is 147 cm³/mol. The van der Waals surface area contributed by atoms with Crippen LogP contribution in [0.15, 0.2) is 35.2 Å². The van der Waals surface area contributed by atoms with Crippen molar-refractivity contribution in [3.63, 3.8) is 0 Å². The van der Waals surface area contributed by atoms with Crippen LogP contribution in [0.25, 0.3) is 0 Å². The van der Waals surface area contributed by atoms with Gasteiger partial charge in [-0.3, -0.25) is 9.69 Å². The first-order chi connectivity index (χ1) is 18.4. The van der Waals surface area contributed by atoms with E-state index in [1.807, 2.05) is 11.9 Å². The summed E-state index contributed by atoms with van der Waals surface area (Å²) in [4.78, 5) is 14.8. The van der Waals surface area contributed by atoms with Gasteiger partial charge in [-0.2, -0.15) is 13.2 Å². The average molecular weight is 610 g/mol. The molecule has 1 heterocycles. The Bertz CT molecular complexity index is 1280. The molecule has 0 aliphatic carbocycles. The van der Waals surface area contributed by atoms with Gasteiger partial charge < -0.3 is 16.0 Å². The van der Waals surface area contributed by atoms with E-state index in [2.05, 4.69) is 16.0 Å². The van der Waals surface area contributed by atoms with Crippen molar-refractivity contribution in [2.24, 2.45) is 0 Å². The molecule has 3 N–H and O–H groups in total. The number of benzene rings is 2. The Morgan fingerprint density at radius 1 is 1.15 bits per heavy atom. The zero-order valence-electron chi connectivity index (χ0n) is 21.8. The van der Waals surface area contributed by atoms with Crippen molar-refractivity contribution >= 4 is 38.9 Å². The number of nitrogens with zero attached hydrogens (tertiary/aromatic N) is 1. The number of sulfone groups is 1. The Labute approximate surface area is 237 Å². The number of carbonyl (C=O) groups excluding carboxylic acids is 1. The fraction of sp³-hybridized carbons (Fsp3) is 0.500. The monoisotopic (exact) mass is 608 g/mol. The maximum Gasteiger partial charge on any atom is 0.416 e. The molecule has 0 unspecified atom stereocenters. The molecule has 0 aromatic heterocycles. The first-order valence-corrected chi connectivity index (χ1v) is 15.1. The number of hydrogen-bond donors (Lipinski definition) is 3. The second kappa shape index (κ2) is 13.6. The van der Waals surface area contributed by atoms with Gasteiger partial charge in [0.05, 0.1) is 16.2 Å². The van der Waals surface area contributed by atoms with Gasteiger partial charge in [0.25, 0.3) is 5.91 Å². The summed E-state index contributed by atoms with van der Waals surface area (Å²) in [5.41, 5.74) is -1.09. The van der Waals surface area contributed by atoms with E-state index in [0.29, 0.717) is 13.1 Å². The van der Waals surface area contributed by atoms with Crippen molar-refractivity contribution in [2.75, 3.05) is 39.0 Å². The third-order valence-corrected chi connectivity index (χ3v) is 9.04. The highest BCUT2D eigenvalue weighted by Gasteiger charge is 2.36. The molecule has 1 amide bonds. The highest BCUT2D eigenvalue weighted by Crippen LogP contribution is 2.37. The van der Waals surface area contributed by atoms with Gasteiger partial charge in [0.2, 0.25) is 0 Å². The Balaban J connectivity index is 1.81. The molecule has 1 atom stereocenters. The average Bonchev–Trinajstić information content (AvgIpc) is 2.88. The van der Waals surface area contributed by atoms with Crippen LogP contribution in [0.2, 0.25) is 10.0 Å². The summed E-state index contributed by atoms with van der Waals surface area (Å²) >= 11 is 12.4. The van der Waals surface area contributed by atoms with Gasteiger partial charge in [0.1, 0.15) is 0 Å². The van der Waals surface area contributed by atoms with Crippen LogP contribution in [0.1, 0.15) is 46.8 Å². The molecule has 1 aliphatic heterocycles. The molecule has 2 aromatic carbocycles. The lowest BCUT2D eigenvalue weighted by Crippen LogP contribution is -2.46. The number of halogens is 5. The van der Waals surface area contributed by atoms with E-state index in [-0.39, 0.29) is 56.5 Å². The van der Waals surface area contributed by atoms with Gasteiger partial charge in [-0.15, -0.1) is 0 Å². The van der Waals surface area contributed by atoms with E-state index in [1.54, 1.807) is 0 Å². The number of rotatable bonds is 11. The van der Waals surface area contributed by atoms with Gasteiger partial charge in [0.15, 0.2) is 9.84 Å². The van der Waals surface area contributed by atoms with Crippen molar-refractivity contribution in [3.05, 3.63) is 62.6 Å². The van der Waals surface area contributed by atoms with E-state index in [9.17, 15) is 26.4 Å². The van der Waals surface area contributed by atoms with Gasteiger partial charge in [-0.25, -0.2) is 8.42 Å². The fourth-order valence-electron chi connectivity index (χ4n) is 4.59. The highest BCUT2D eigenvalue weighted by atomic mass is 35.5. The molecule has 1 fully saturated rings. The van der Waals surface area contributed by atoms with E-state index in [0.717, 1.165) is 32.0 Å². The highest BCUT2D eigenvalue weighted by molar-refractivity contribution is 7.91. The van der Waals surface area contributed by atoms with Crippen molar-refractivity contribution in [1.29, 1.82) is 0 Å². The van der Waals surface area contributed by atoms with Gasteiger partial charge in [-0.05, 0) is 67.9 Å². The Morgan fingerprint density at radius 3 is 2.56 bits per heavy atom. The first kappa shape index (κ1) is 31.6. The number of hydrogen-bond acceptors (Lipinski definition) is 6. The topological polar surface area (TPSA) is 90.5 Å². The van der Waals surface area contributed by atoms with Crippen LogP contribution in [0.5, 0.6) is 0 Å². The largest absolute Gasteiger partial charge is 0.416 e. The van der Waals surface area contributed by atoms with Gasteiger partial charge in [0, 0.05) is 54.4 Å². The minimum Gasteiger partial charge on any atom is -0.348 e. The molecule has 1 saturated heterocycles. The number of carbonyl (C=O) groups is 1. The summed E-state index contributed by atoms with van der Waals surface area (Å²) in [5, 5.41) is 9.08. The van der Waals surface area contributed by atoms with Crippen LogP contribution in [0.3, 0.4) is 0 Å². The maximum absolute atomic E-state index is 14.1. The van der Waals surface area contributed by atoms with E-state index >= 15 is 0 Å². The van der Waals surface area contributed by atoms with Crippen molar-refractivity contribution in [2.45, 2.75) is 50.0 Å². The Kier molecular flexibility index (Phi) is 11.1. The zero-order chi connectivity index (χ0) is 28.8. The lowest BCUT2D eigenvalue weighted by molar-refractivity contribution is -0.138. The summed E-state index contributed by atoms with van der Waals surface area (Å²) in [5.74, 6) is -0.980. The third-order valence-electron chi connectivity index (χ3n) is 6.64. The summed E-state index contributed by atoms with van der Waals surface area (Å²) in [6.45, 7) is 4.01. The number of alkyl halides is 3. The fourth-order valence-corrected chi connectivity index (χ4v) is 6.19. The molecule has 216 valence electrons. The summed E-state index contributed by atoms with van der Waals surface area (Å²) in [7, 11) is -1.76. The summed E-state index contributed by atoms with van der Waals surface area (Å²) < 4.78 is 67.2. The molecule has 0 radical (unpaired) electrons. The maximum atomic E-state index is 14.1. The Hall–Kier alpha value is -1.89. The predicted octanol–water partition coefficient (Wildman–Crippen LogP) is 4.51. The first-order valence-electron chi connectivity index (χ1n) is 12.6. The van der Waals surface area contributed by atoms with Crippen LogP contribution in [0, 0.1) is 0 Å². The summed E-state index contributed by atoms with van der Waals surface area (Å²) in [6.07, 6.45) is -2.95. The minimum absolute atomic E-state index is 0.000531. The molecule has 0 bridgehead atoms. The lowest BCUT2D eigenvalue weighted by Gasteiger charge is -2.34. The van der Waals surface area contributed by atoms with Crippen molar-refractivity contribution in [3.8, 4) is 0 Å². The molecule has 13 heteroatoms. The van der Waals surface area contributed by atoms with E-state index in [4.69, 9.17) is 23.2 Å². The molecule has 2 aromatic rings. The van der Waals surface area contributed by atoms with Gasteiger partial charge >= 0.3 is 6.18 Å². The number of likely N-dealkylation sites (N-methyl/N-ethyl adjacent to an activating group) is 1. The molecule has 39 heavy (non-hydrogen) atoms. The molecule has 3 rings (SSSR count). The van der Waals surface area contributed by atoms with E-state index in [1.165, 1.54) is 31.2 Å². The van der Waals surface area contributed by atoms with E-state index < -0.39 is 27.5 Å². The SMILES string of the molecule is CCS(=O)(=O)c1ccc(Cl)cc1CNC(=O)c1cc(Cl)c(CN2CCC[C@H](NCCNC)C2)c(C(F)(F)F)c1. The van der Waals surface area contributed by atoms with Crippen LogP contribution in [-0.2, 0) is 29.1 Å². The number of piperidine rings is 1. The summed E-state index contributed by atoms with van der Waals surface area (Å²) in [6, 6.07) is 6.35. The van der Waals surface area contributed by atoms with Crippen LogP contribution in [-0.4, -0.2) is 64.2 Å².